The van der Waals surface area contributed by atoms with Crippen molar-refractivity contribution in [1.29, 1.82) is 0 Å². The van der Waals surface area contributed by atoms with Crippen LogP contribution >= 0.6 is 0 Å². The third-order valence-electron chi connectivity index (χ3n) is 4.65. The van der Waals surface area contributed by atoms with Gasteiger partial charge in [-0.25, -0.2) is 9.48 Å². The summed E-state index contributed by atoms with van der Waals surface area (Å²) < 4.78 is 4.11. The molecule has 3 aromatic rings. The minimum absolute atomic E-state index is 0.00255. The number of hydrogen-bond donors (Lipinski definition) is 1. The van der Waals surface area contributed by atoms with E-state index in [1.54, 1.807) is 23.2 Å². The van der Waals surface area contributed by atoms with Crippen LogP contribution in [0.5, 0.6) is 0 Å². The highest BCUT2D eigenvalue weighted by atomic mass is 16.2. The first-order valence-electron chi connectivity index (χ1n) is 8.98. The summed E-state index contributed by atoms with van der Waals surface area (Å²) in [5.41, 5.74) is 0.810. The molecule has 0 atom stereocenters. The molecule has 0 spiro atoms. The summed E-state index contributed by atoms with van der Waals surface area (Å²) in [5.74, 6) is -0.158. The predicted molar refractivity (Wildman–Crippen MR) is 106 cm³/mol. The fourth-order valence-corrected chi connectivity index (χ4v) is 3.25. The maximum absolute atomic E-state index is 12.8. The molecule has 0 bridgehead atoms. The Bertz CT molecular complexity index is 1210. The number of carbonyl (C=O) groups excluding carboxylic acids is 1. The molecule has 8 nitrogen and oxygen atoms in total. The van der Waals surface area contributed by atoms with Crippen LogP contribution in [0.3, 0.4) is 0 Å². The quantitative estimate of drug-likeness (QED) is 0.700. The van der Waals surface area contributed by atoms with Gasteiger partial charge in [0.25, 0.3) is 5.56 Å². The molecule has 4 rings (SSSR count). The number of nitrogens with zero attached hydrogens (tertiary/aromatic N) is 4. The number of carbonyl (C=O) groups is 1. The molecule has 0 saturated carbocycles. The molecule has 0 unspecified atom stereocenters. The molecule has 1 N–H and O–H groups in total. The van der Waals surface area contributed by atoms with E-state index in [9.17, 15) is 14.4 Å². The monoisotopic (exact) mass is 377 g/mol. The first-order chi connectivity index (χ1) is 13.5. The molecule has 0 amide bonds. The molecule has 28 heavy (non-hydrogen) atoms. The molecular weight excluding hydrogens is 358 g/mol. The standard InChI is InChI=1S/C20H19N5O3/c1-3-9-24-18-16(19(27)23(2)20(24)28)17(26)15(22-18)10-13-11-21-25(12-13)14-7-5-4-6-8-14/h4-8,10-12,22H,3,9H2,1-2H3. The number of anilines is 1. The molecule has 0 fully saturated rings. The van der Waals surface area contributed by atoms with Crippen molar-refractivity contribution in [2.45, 2.75) is 19.9 Å². The van der Waals surface area contributed by atoms with Crippen molar-refractivity contribution in [3.8, 4) is 5.69 Å². The third kappa shape index (κ3) is 2.79. The Morgan fingerprint density at radius 3 is 2.61 bits per heavy atom. The number of hydrogen-bond acceptors (Lipinski definition) is 5. The largest absolute Gasteiger partial charge is 0.338 e. The normalized spacial score (nSPS) is 14.4. The van der Waals surface area contributed by atoms with Crippen molar-refractivity contribution >= 4 is 17.7 Å². The van der Waals surface area contributed by atoms with Crippen LogP contribution in [0.2, 0.25) is 0 Å². The van der Waals surface area contributed by atoms with Gasteiger partial charge in [-0.15, -0.1) is 0 Å². The Labute approximate surface area is 160 Å². The number of rotatable bonds is 4. The molecule has 142 valence electrons. The lowest BCUT2D eigenvalue weighted by Gasteiger charge is -2.11. The van der Waals surface area contributed by atoms with Gasteiger partial charge in [0.2, 0.25) is 5.78 Å². The molecule has 1 aliphatic rings. The van der Waals surface area contributed by atoms with E-state index in [1.807, 2.05) is 37.3 Å². The average molecular weight is 377 g/mol. The number of benzene rings is 1. The van der Waals surface area contributed by atoms with Gasteiger partial charge >= 0.3 is 5.69 Å². The first kappa shape index (κ1) is 17.7. The Kier molecular flexibility index (Phi) is 4.31. The van der Waals surface area contributed by atoms with E-state index >= 15 is 0 Å². The smallest absolute Gasteiger partial charge is 0.332 e. The predicted octanol–water partition coefficient (Wildman–Crippen LogP) is 1.79. The lowest BCUT2D eigenvalue weighted by molar-refractivity contribution is 0.104. The van der Waals surface area contributed by atoms with Crippen LogP contribution in [-0.4, -0.2) is 24.7 Å². The van der Waals surface area contributed by atoms with Crippen LogP contribution in [0.1, 0.15) is 29.3 Å². The SMILES string of the molecule is CCCn1c2c(c(=O)n(C)c1=O)C(=O)C(=Cc1cnn(-c3ccccc3)c1)N2. The fraction of sp³-hybridized carbons (Fsp3) is 0.200. The highest BCUT2D eigenvalue weighted by Gasteiger charge is 2.32. The van der Waals surface area contributed by atoms with Gasteiger partial charge in [0, 0.05) is 25.4 Å². The highest BCUT2D eigenvalue weighted by molar-refractivity contribution is 6.19. The zero-order chi connectivity index (χ0) is 19.8. The molecule has 0 aliphatic carbocycles. The van der Waals surface area contributed by atoms with Crippen molar-refractivity contribution in [3.63, 3.8) is 0 Å². The molecule has 0 radical (unpaired) electrons. The number of Topliss-reactive ketones (excluding diaryl/α,β-unsaturated/α-hetero) is 1. The van der Waals surface area contributed by atoms with Crippen molar-refractivity contribution < 1.29 is 4.79 Å². The van der Waals surface area contributed by atoms with Gasteiger partial charge in [-0.3, -0.25) is 18.7 Å². The minimum atomic E-state index is -0.590. The number of ketones is 1. The molecule has 0 saturated heterocycles. The summed E-state index contributed by atoms with van der Waals surface area (Å²) in [5, 5.41) is 7.28. The molecule has 1 aromatic carbocycles. The molecule has 3 heterocycles. The van der Waals surface area contributed by atoms with Crippen LogP contribution in [0.25, 0.3) is 11.8 Å². The second-order valence-corrected chi connectivity index (χ2v) is 6.59. The zero-order valence-corrected chi connectivity index (χ0v) is 15.5. The Hall–Kier alpha value is -3.68. The highest BCUT2D eigenvalue weighted by Crippen LogP contribution is 2.26. The molecule has 2 aromatic heterocycles. The van der Waals surface area contributed by atoms with E-state index in [4.69, 9.17) is 0 Å². The van der Waals surface area contributed by atoms with Crippen molar-refractivity contribution in [3.05, 3.63) is 80.4 Å². The van der Waals surface area contributed by atoms with Crippen LogP contribution < -0.4 is 16.6 Å². The number of aromatic nitrogens is 4. The number of nitrogens with one attached hydrogen (secondary N) is 1. The van der Waals surface area contributed by atoms with E-state index in [2.05, 4.69) is 10.4 Å². The Balaban J connectivity index is 1.75. The van der Waals surface area contributed by atoms with Crippen LogP contribution in [0.15, 0.2) is 58.0 Å². The average Bonchev–Trinajstić information content (AvgIpc) is 3.30. The maximum atomic E-state index is 12.8. The summed E-state index contributed by atoms with van der Waals surface area (Å²) in [6.45, 7) is 2.34. The summed E-state index contributed by atoms with van der Waals surface area (Å²) in [6, 6.07) is 9.59. The Morgan fingerprint density at radius 1 is 1.14 bits per heavy atom. The van der Waals surface area contributed by atoms with Gasteiger partial charge in [0.15, 0.2) is 0 Å². The van der Waals surface area contributed by atoms with E-state index in [0.717, 1.165) is 10.3 Å². The number of para-hydroxylation sites is 1. The van der Waals surface area contributed by atoms with Gasteiger partial charge in [0.05, 0.1) is 17.6 Å². The third-order valence-corrected chi connectivity index (χ3v) is 4.65. The summed E-state index contributed by atoms with van der Waals surface area (Å²) in [4.78, 5) is 37.7. The number of fused-ring (bicyclic) bond motifs is 1. The first-order valence-corrected chi connectivity index (χ1v) is 8.98. The zero-order valence-electron chi connectivity index (χ0n) is 15.5. The molecule has 8 heteroatoms. The molecule has 1 aliphatic heterocycles. The van der Waals surface area contributed by atoms with Gasteiger partial charge < -0.3 is 5.32 Å². The Morgan fingerprint density at radius 2 is 1.89 bits per heavy atom. The van der Waals surface area contributed by atoms with Gasteiger partial charge in [0.1, 0.15) is 11.4 Å². The van der Waals surface area contributed by atoms with Crippen molar-refractivity contribution in [1.82, 2.24) is 18.9 Å². The van der Waals surface area contributed by atoms with Crippen LogP contribution in [-0.2, 0) is 13.6 Å². The lowest BCUT2D eigenvalue weighted by atomic mass is 10.1. The van der Waals surface area contributed by atoms with Crippen molar-refractivity contribution in [2.75, 3.05) is 5.32 Å². The van der Waals surface area contributed by atoms with Gasteiger partial charge in [-0.1, -0.05) is 25.1 Å². The summed E-state index contributed by atoms with van der Waals surface area (Å²) in [7, 11) is 1.38. The van der Waals surface area contributed by atoms with E-state index < -0.39 is 17.0 Å². The van der Waals surface area contributed by atoms with E-state index in [0.29, 0.717) is 18.5 Å². The number of allylic oxidation sites excluding steroid dienone is 1. The summed E-state index contributed by atoms with van der Waals surface area (Å²) in [6.07, 6.45) is 5.75. The van der Waals surface area contributed by atoms with E-state index in [1.165, 1.54) is 11.6 Å². The fourth-order valence-electron chi connectivity index (χ4n) is 3.25. The van der Waals surface area contributed by atoms with E-state index in [-0.39, 0.29) is 17.1 Å². The van der Waals surface area contributed by atoms with Crippen LogP contribution in [0.4, 0.5) is 5.82 Å². The van der Waals surface area contributed by atoms with Crippen LogP contribution in [0, 0.1) is 0 Å². The second-order valence-electron chi connectivity index (χ2n) is 6.59. The van der Waals surface area contributed by atoms with Crippen molar-refractivity contribution in [2.24, 2.45) is 7.05 Å². The topological polar surface area (TPSA) is 90.9 Å². The summed E-state index contributed by atoms with van der Waals surface area (Å²) >= 11 is 0. The van der Waals surface area contributed by atoms with Gasteiger partial charge in [-0.2, -0.15) is 5.10 Å². The maximum Gasteiger partial charge on any atom is 0.332 e. The van der Waals surface area contributed by atoms with Gasteiger partial charge in [-0.05, 0) is 24.6 Å². The second kappa shape index (κ2) is 6.80. The minimum Gasteiger partial charge on any atom is -0.338 e. The molecular formula is C20H19N5O3. The lowest BCUT2D eigenvalue weighted by Crippen LogP contribution is -2.40.